The molecule has 1 aromatic heterocycles. The summed E-state index contributed by atoms with van der Waals surface area (Å²) in [6.45, 7) is 3.42. The van der Waals surface area contributed by atoms with Crippen LogP contribution in [-0.2, 0) is 4.79 Å². The van der Waals surface area contributed by atoms with Gasteiger partial charge in [0.05, 0.1) is 0 Å². The number of aromatic nitrogens is 1. The van der Waals surface area contributed by atoms with Gasteiger partial charge in [0.2, 0.25) is 5.91 Å². The van der Waals surface area contributed by atoms with Gasteiger partial charge in [0.1, 0.15) is 0 Å². The van der Waals surface area contributed by atoms with Crippen molar-refractivity contribution in [3.05, 3.63) is 24.5 Å². The maximum absolute atomic E-state index is 12.4. The third-order valence-corrected chi connectivity index (χ3v) is 4.44. The Morgan fingerprint density at radius 2 is 1.85 bits per heavy atom. The summed E-state index contributed by atoms with van der Waals surface area (Å²) in [6, 6.07) is 4.27. The highest BCUT2D eigenvalue weighted by Gasteiger charge is 2.32. The number of piperazine rings is 1. The predicted molar refractivity (Wildman–Crippen MR) is 78.3 cm³/mol. The van der Waals surface area contributed by atoms with Gasteiger partial charge < -0.3 is 15.5 Å². The minimum Gasteiger partial charge on any atom is -0.368 e. The van der Waals surface area contributed by atoms with Crippen molar-refractivity contribution in [3.8, 4) is 0 Å². The molecular weight excluding hydrogens is 252 g/mol. The molecule has 5 nitrogen and oxygen atoms in total. The lowest BCUT2D eigenvalue weighted by molar-refractivity contribution is -0.135. The summed E-state index contributed by atoms with van der Waals surface area (Å²) in [5.74, 6) is 0.477. The number of carbonyl (C=O) groups is 1. The molecule has 2 heterocycles. The summed E-state index contributed by atoms with van der Waals surface area (Å²) in [6.07, 6.45) is 6.45. The first-order valence-electron chi connectivity index (χ1n) is 7.43. The molecule has 0 aromatic carbocycles. The van der Waals surface area contributed by atoms with E-state index >= 15 is 0 Å². The number of rotatable bonds is 2. The van der Waals surface area contributed by atoms with Crippen molar-refractivity contribution in [1.29, 1.82) is 0 Å². The lowest BCUT2D eigenvalue weighted by Crippen LogP contribution is -2.50. The third-order valence-electron chi connectivity index (χ3n) is 4.44. The van der Waals surface area contributed by atoms with Crippen molar-refractivity contribution in [1.82, 2.24) is 9.88 Å². The third kappa shape index (κ3) is 2.77. The van der Waals surface area contributed by atoms with Gasteiger partial charge >= 0.3 is 0 Å². The molecule has 1 aromatic rings. The molecule has 1 aliphatic heterocycles. The van der Waals surface area contributed by atoms with Crippen LogP contribution in [-0.4, -0.2) is 48.0 Å². The normalized spacial score (nSPS) is 26.9. The fraction of sp³-hybridized carbons (Fsp3) is 0.600. The van der Waals surface area contributed by atoms with Crippen LogP contribution in [0.3, 0.4) is 0 Å². The van der Waals surface area contributed by atoms with E-state index in [0.717, 1.165) is 45.4 Å². The zero-order valence-electron chi connectivity index (χ0n) is 11.7. The Hall–Kier alpha value is -1.62. The van der Waals surface area contributed by atoms with Crippen LogP contribution in [0.25, 0.3) is 0 Å². The fourth-order valence-electron chi connectivity index (χ4n) is 3.24. The summed E-state index contributed by atoms with van der Waals surface area (Å²) in [7, 11) is 0. The highest BCUT2D eigenvalue weighted by molar-refractivity contribution is 5.79. The number of nitrogens with zero attached hydrogens (tertiary/aromatic N) is 3. The highest BCUT2D eigenvalue weighted by atomic mass is 16.2. The molecule has 2 atom stereocenters. The smallest absolute Gasteiger partial charge is 0.225 e. The van der Waals surface area contributed by atoms with Crippen LogP contribution in [0.2, 0.25) is 0 Å². The van der Waals surface area contributed by atoms with Crippen LogP contribution in [0.1, 0.15) is 19.3 Å². The summed E-state index contributed by atoms with van der Waals surface area (Å²) < 4.78 is 0. The van der Waals surface area contributed by atoms with E-state index in [1.165, 1.54) is 5.69 Å². The molecule has 0 bridgehead atoms. The molecule has 0 spiro atoms. The minimum absolute atomic E-state index is 0.164. The quantitative estimate of drug-likeness (QED) is 0.869. The zero-order chi connectivity index (χ0) is 13.9. The average Bonchev–Trinajstić information content (AvgIpc) is 2.94. The van der Waals surface area contributed by atoms with E-state index in [0.29, 0.717) is 5.91 Å². The Balaban J connectivity index is 1.55. The van der Waals surface area contributed by atoms with Crippen molar-refractivity contribution >= 4 is 11.6 Å². The molecule has 108 valence electrons. The van der Waals surface area contributed by atoms with Gasteiger partial charge in [-0.25, -0.2) is 0 Å². The minimum atomic E-state index is 0.164. The molecule has 3 rings (SSSR count). The molecule has 2 N–H and O–H groups in total. The SMILES string of the molecule is N[C@H]1CC[C@@H](C(=O)N2CCN(c3ccncc3)CC2)C1. The van der Waals surface area contributed by atoms with Crippen LogP contribution in [0.15, 0.2) is 24.5 Å². The number of anilines is 1. The Morgan fingerprint density at radius 3 is 2.45 bits per heavy atom. The Morgan fingerprint density at radius 1 is 1.15 bits per heavy atom. The molecule has 2 aliphatic rings. The number of hydrogen-bond acceptors (Lipinski definition) is 4. The van der Waals surface area contributed by atoms with Gasteiger partial charge in [-0.15, -0.1) is 0 Å². The van der Waals surface area contributed by atoms with Crippen LogP contribution in [0.5, 0.6) is 0 Å². The largest absolute Gasteiger partial charge is 0.368 e. The second-order valence-corrected chi connectivity index (χ2v) is 5.79. The maximum Gasteiger partial charge on any atom is 0.225 e. The van der Waals surface area contributed by atoms with Gasteiger partial charge in [0.25, 0.3) is 0 Å². The van der Waals surface area contributed by atoms with Gasteiger partial charge in [-0.1, -0.05) is 0 Å². The second kappa shape index (κ2) is 5.79. The van der Waals surface area contributed by atoms with Crippen molar-refractivity contribution < 1.29 is 4.79 Å². The van der Waals surface area contributed by atoms with E-state index in [4.69, 9.17) is 5.73 Å². The summed E-state index contributed by atoms with van der Waals surface area (Å²) >= 11 is 0. The number of pyridine rings is 1. The van der Waals surface area contributed by atoms with Crippen LogP contribution in [0, 0.1) is 5.92 Å². The Labute approximate surface area is 119 Å². The molecule has 5 heteroatoms. The lowest BCUT2D eigenvalue weighted by Gasteiger charge is -2.37. The van der Waals surface area contributed by atoms with Crippen LogP contribution in [0.4, 0.5) is 5.69 Å². The van der Waals surface area contributed by atoms with Crippen molar-refractivity contribution in [2.24, 2.45) is 11.7 Å². The first-order valence-corrected chi connectivity index (χ1v) is 7.43. The predicted octanol–water partition coefficient (Wildman–Crippen LogP) is 0.858. The zero-order valence-corrected chi connectivity index (χ0v) is 11.7. The van der Waals surface area contributed by atoms with Crippen LogP contribution < -0.4 is 10.6 Å². The van der Waals surface area contributed by atoms with E-state index in [9.17, 15) is 4.79 Å². The average molecular weight is 274 g/mol. The van der Waals surface area contributed by atoms with E-state index in [-0.39, 0.29) is 12.0 Å². The summed E-state index contributed by atoms with van der Waals surface area (Å²) in [5, 5.41) is 0. The van der Waals surface area contributed by atoms with E-state index in [1.807, 2.05) is 29.4 Å². The fourth-order valence-corrected chi connectivity index (χ4v) is 3.24. The topological polar surface area (TPSA) is 62.5 Å². The Bertz CT molecular complexity index is 456. The Kier molecular flexibility index (Phi) is 3.87. The summed E-state index contributed by atoms with van der Waals surface area (Å²) in [5.41, 5.74) is 7.10. The molecule has 0 unspecified atom stereocenters. The maximum atomic E-state index is 12.4. The molecule has 0 radical (unpaired) electrons. The second-order valence-electron chi connectivity index (χ2n) is 5.79. The number of nitrogens with two attached hydrogens (primary N) is 1. The molecule has 2 fully saturated rings. The van der Waals surface area contributed by atoms with E-state index < -0.39 is 0 Å². The van der Waals surface area contributed by atoms with Gasteiger partial charge in [0.15, 0.2) is 0 Å². The van der Waals surface area contributed by atoms with Crippen molar-refractivity contribution in [2.45, 2.75) is 25.3 Å². The molecule has 20 heavy (non-hydrogen) atoms. The van der Waals surface area contributed by atoms with Gasteiger partial charge in [0, 0.05) is 56.2 Å². The highest BCUT2D eigenvalue weighted by Crippen LogP contribution is 2.26. The van der Waals surface area contributed by atoms with E-state index in [1.54, 1.807) is 0 Å². The van der Waals surface area contributed by atoms with Crippen molar-refractivity contribution in [2.75, 3.05) is 31.1 Å². The van der Waals surface area contributed by atoms with E-state index in [2.05, 4.69) is 9.88 Å². The number of hydrogen-bond donors (Lipinski definition) is 1. The molecule has 1 amide bonds. The van der Waals surface area contributed by atoms with Gasteiger partial charge in [-0.3, -0.25) is 9.78 Å². The first-order chi connectivity index (χ1) is 9.74. The first kappa shape index (κ1) is 13.4. The monoisotopic (exact) mass is 274 g/mol. The number of carbonyl (C=O) groups excluding carboxylic acids is 1. The molecule has 1 aliphatic carbocycles. The molecule has 1 saturated heterocycles. The van der Waals surface area contributed by atoms with Gasteiger partial charge in [-0.05, 0) is 31.4 Å². The van der Waals surface area contributed by atoms with Crippen molar-refractivity contribution in [3.63, 3.8) is 0 Å². The van der Waals surface area contributed by atoms with Crippen LogP contribution >= 0.6 is 0 Å². The molecular formula is C15H22N4O. The summed E-state index contributed by atoms with van der Waals surface area (Å²) in [4.78, 5) is 20.8. The number of amides is 1. The van der Waals surface area contributed by atoms with Gasteiger partial charge in [-0.2, -0.15) is 0 Å². The lowest BCUT2D eigenvalue weighted by atomic mass is 10.1. The standard InChI is InChI=1S/C15H22N4O/c16-13-2-1-12(11-13)15(20)19-9-7-18(8-10-19)14-3-5-17-6-4-14/h3-6,12-13H,1-2,7-11,16H2/t12-,13+/m1/s1. The molecule has 1 saturated carbocycles.